The quantitative estimate of drug-likeness (QED) is 0.806. The molecule has 0 bridgehead atoms. The van der Waals surface area contributed by atoms with Crippen LogP contribution in [0.2, 0.25) is 0 Å². The lowest BCUT2D eigenvalue weighted by atomic mass is 10.1. The Morgan fingerprint density at radius 3 is 2.65 bits per heavy atom. The number of carboxylic acid groups (broad SMARTS) is 1. The number of fused-ring (bicyclic) bond motifs is 1. The minimum Gasteiger partial charge on any atom is -0.476 e. The summed E-state index contributed by atoms with van der Waals surface area (Å²) in [5, 5.41) is 13.6. The molecule has 0 saturated carbocycles. The molecule has 1 N–H and O–H groups in total. The molecule has 86 valence electrons. The fourth-order valence-electron chi connectivity index (χ4n) is 1.64. The van der Waals surface area contributed by atoms with Gasteiger partial charge in [-0.1, -0.05) is 24.3 Å². The maximum absolute atomic E-state index is 12.0. The molecule has 0 amide bonds. The number of hydrogen-bond acceptors (Lipinski definition) is 3. The van der Waals surface area contributed by atoms with Gasteiger partial charge in [0.05, 0.1) is 11.9 Å². The van der Waals surface area contributed by atoms with Crippen LogP contribution in [0.1, 0.15) is 10.5 Å². The number of allylic oxidation sites excluding steroid dienone is 1. The number of aromatic nitrogens is 2. The first-order valence-electron chi connectivity index (χ1n) is 4.99. The van der Waals surface area contributed by atoms with Crippen molar-refractivity contribution in [1.82, 2.24) is 9.78 Å². The van der Waals surface area contributed by atoms with Crippen molar-refractivity contribution >= 4 is 16.7 Å². The summed E-state index contributed by atoms with van der Waals surface area (Å²) < 4.78 is 1.10. The smallest absolute Gasteiger partial charge is 0.357 e. The maximum atomic E-state index is 12.0. The zero-order valence-corrected chi connectivity index (χ0v) is 8.96. The van der Waals surface area contributed by atoms with E-state index in [1.807, 2.05) is 0 Å². The minimum atomic E-state index is -1.15. The van der Waals surface area contributed by atoms with Gasteiger partial charge in [-0.25, -0.2) is 9.48 Å². The molecular weight excluding hydrogens is 220 g/mol. The monoisotopic (exact) mass is 230 g/mol. The third-order valence-electron chi connectivity index (χ3n) is 2.37. The van der Waals surface area contributed by atoms with Crippen molar-refractivity contribution in [3.8, 4) is 0 Å². The Labute approximate surface area is 96.6 Å². The molecule has 1 heterocycles. The van der Waals surface area contributed by atoms with Crippen molar-refractivity contribution in [3.63, 3.8) is 0 Å². The molecule has 17 heavy (non-hydrogen) atoms. The molecule has 0 saturated heterocycles. The first-order valence-corrected chi connectivity index (χ1v) is 4.99. The van der Waals surface area contributed by atoms with Gasteiger partial charge in [-0.2, -0.15) is 5.10 Å². The van der Waals surface area contributed by atoms with Gasteiger partial charge in [0.15, 0.2) is 5.69 Å². The van der Waals surface area contributed by atoms with Gasteiger partial charge < -0.3 is 5.11 Å². The number of aromatic carboxylic acids is 1. The highest BCUT2D eigenvalue weighted by Gasteiger charge is 2.14. The van der Waals surface area contributed by atoms with Crippen molar-refractivity contribution in [2.24, 2.45) is 0 Å². The highest BCUT2D eigenvalue weighted by Crippen LogP contribution is 2.12. The molecule has 2 aromatic rings. The first-order chi connectivity index (χ1) is 8.15. The summed E-state index contributed by atoms with van der Waals surface area (Å²) in [7, 11) is 0. The fraction of sp³-hybridized carbons (Fsp3) is 0.0833. The van der Waals surface area contributed by atoms with E-state index in [2.05, 4.69) is 11.7 Å². The summed E-state index contributed by atoms with van der Waals surface area (Å²) in [5.41, 5.74) is -0.437. The Kier molecular flexibility index (Phi) is 2.74. The van der Waals surface area contributed by atoms with Gasteiger partial charge in [0.2, 0.25) is 0 Å². The summed E-state index contributed by atoms with van der Waals surface area (Å²) in [6.07, 6.45) is 1.49. The number of nitrogens with zero attached hydrogens (tertiary/aromatic N) is 2. The second-order valence-electron chi connectivity index (χ2n) is 3.48. The second-order valence-corrected chi connectivity index (χ2v) is 3.48. The lowest BCUT2D eigenvalue weighted by Gasteiger charge is -2.06. The van der Waals surface area contributed by atoms with E-state index in [1.54, 1.807) is 24.3 Å². The lowest BCUT2D eigenvalue weighted by molar-refractivity contribution is 0.0690. The van der Waals surface area contributed by atoms with Crippen LogP contribution in [0.3, 0.4) is 0 Å². The number of carbonyl (C=O) groups is 1. The molecule has 0 radical (unpaired) electrons. The molecule has 0 spiro atoms. The van der Waals surface area contributed by atoms with Crippen LogP contribution in [0, 0.1) is 0 Å². The number of carboxylic acids is 1. The van der Waals surface area contributed by atoms with Crippen molar-refractivity contribution in [2.75, 3.05) is 0 Å². The normalized spacial score (nSPS) is 10.4. The van der Waals surface area contributed by atoms with E-state index in [-0.39, 0.29) is 17.8 Å². The minimum absolute atomic E-state index is 0.123. The van der Waals surface area contributed by atoms with Gasteiger partial charge in [0.25, 0.3) is 5.56 Å². The molecule has 5 heteroatoms. The van der Waals surface area contributed by atoms with Crippen LogP contribution in [0.25, 0.3) is 10.8 Å². The Morgan fingerprint density at radius 2 is 2.06 bits per heavy atom. The lowest BCUT2D eigenvalue weighted by Crippen LogP contribution is -2.25. The van der Waals surface area contributed by atoms with Gasteiger partial charge in [-0.05, 0) is 6.07 Å². The van der Waals surface area contributed by atoms with Crippen LogP contribution in [-0.2, 0) is 6.54 Å². The number of benzene rings is 1. The third kappa shape index (κ3) is 1.82. The van der Waals surface area contributed by atoms with Crippen LogP contribution in [-0.4, -0.2) is 20.9 Å². The molecule has 5 nitrogen and oxygen atoms in total. The Hall–Kier alpha value is -2.43. The Bertz CT molecular complexity index is 658. The average Bonchev–Trinajstić information content (AvgIpc) is 2.32. The molecule has 1 aromatic carbocycles. The second kappa shape index (κ2) is 4.21. The fourth-order valence-corrected chi connectivity index (χ4v) is 1.64. The molecule has 0 aliphatic rings. The summed E-state index contributed by atoms with van der Waals surface area (Å²) in [4.78, 5) is 23.0. The van der Waals surface area contributed by atoms with Gasteiger partial charge in [0.1, 0.15) is 0 Å². The molecule has 0 aliphatic heterocycles. The highest BCUT2D eigenvalue weighted by atomic mass is 16.4. The first kappa shape index (κ1) is 11.1. The maximum Gasteiger partial charge on any atom is 0.357 e. The summed E-state index contributed by atoms with van der Waals surface area (Å²) in [5.74, 6) is -1.15. The number of hydrogen-bond donors (Lipinski definition) is 1. The summed E-state index contributed by atoms with van der Waals surface area (Å²) >= 11 is 0. The number of rotatable bonds is 3. The molecule has 0 aliphatic carbocycles. The van der Waals surface area contributed by atoms with Crippen LogP contribution in [0.5, 0.6) is 0 Å². The van der Waals surface area contributed by atoms with Crippen molar-refractivity contribution < 1.29 is 9.90 Å². The van der Waals surface area contributed by atoms with Gasteiger partial charge in [0, 0.05) is 5.39 Å². The van der Waals surface area contributed by atoms with E-state index < -0.39 is 5.97 Å². The van der Waals surface area contributed by atoms with Crippen molar-refractivity contribution in [3.05, 3.63) is 53.0 Å². The largest absolute Gasteiger partial charge is 0.476 e. The SMILES string of the molecule is C=CCn1nc(C(=O)O)c2ccccc2c1=O. The van der Waals surface area contributed by atoms with Gasteiger partial charge in [-0.15, -0.1) is 6.58 Å². The van der Waals surface area contributed by atoms with Crippen molar-refractivity contribution in [1.29, 1.82) is 0 Å². The zero-order valence-electron chi connectivity index (χ0n) is 8.96. The van der Waals surface area contributed by atoms with Gasteiger partial charge in [-0.3, -0.25) is 4.79 Å². The average molecular weight is 230 g/mol. The topological polar surface area (TPSA) is 72.2 Å². The molecule has 0 atom stereocenters. The van der Waals surface area contributed by atoms with Crippen LogP contribution in [0.4, 0.5) is 0 Å². The predicted molar refractivity (Wildman–Crippen MR) is 63.2 cm³/mol. The standard InChI is InChI=1S/C12H10N2O3/c1-2-7-14-11(15)9-6-4-3-5-8(9)10(13-14)12(16)17/h2-6H,1,7H2,(H,16,17). The molecule has 2 rings (SSSR count). The molecule has 0 fully saturated rings. The summed E-state index contributed by atoms with van der Waals surface area (Å²) in [6.45, 7) is 3.69. The Balaban J connectivity index is 2.89. The van der Waals surface area contributed by atoms with E-state index in [1.165, 1.54) is 6.08 Å². The molecule has 1 aromatic heterocycles. The van der Waals surface area contributed by atoms with Gasteiger partial charge >= 0.3 is 5.97 Å². The van der Waals surface area contributed by atoms with Crippen molar-refractivity contribution in [2.45, 2.75) is 6.54 Å². The van der Waals surface area contributed by atoms with Crippen LogP contribution >= 0.6 is 0 Å². The summed E-state index contributed by atoms with van der Waals surface area (Å²) in [6, 6.07) is 6.53. The zero-order chi connectivity index (χ0) is 12.4. The van der Waals surface area contributed by atoms with E-state index in [0.29, 0.717) is 10.8 Å². The highest BCUT2D eigenvalue weighted by molar-refractivity contribution is 6.01. The molecular formula is C12H10N2O3. The van der Waals surface area contributed by atoms with E-state index in [9.17, 15) is 9.59 Å². The third-order valence-corrected chi connectivity index (χ3v) is 2.37. The van der Waals surface area contributed by atoms with Crippen LogP contribution in [0.15, 0.2) is 41.7 Å². The van der Waals surface area contributed by atoms with E-state index in [4.69, 9.17) is 5.11 Å². The molecule has 0 unspecified atom stereocenters. The van der Waals surface area contributed by atoms with Crippen LogP contribution < -0.4 is 5.56 Å². The Morgan fingerprint density at radius 1 is 1.41 bits per heavy atom. The van der Waals surface area contributed by atoms with E-state index >= 15 is 0 Å². The van der Waals surface area contributed by atoms with E-state index in [0.717, 1.165) is 4.68 Å². The predicted octanol–water partition coefficient (Wildman–Crippen LogP) is 1.28.